The molecular formula is C11H9ClN2O5. The van der Waals surface area contributed by atoms with E-state index < -0.39 is 17.2 Å². The van der Waals surface area contributed by atoms with Crippen molar-refractivity contribution in [1.29, 1.82) is 0 Å². The van der Waals surface area contributed by atoms with Crippen LogP contribution in [0.3, 0.4) is 0 Å². The molecule has 1 N–H and O–H groups in total. The smallest absolute Gasteiger partial charge is 0.341 e. The Labute approximate surface area is 111 Å². The highest BCUT2D eigenvalue weighted by molar-refractivity contribution is 6.30. The third-order valence-electron chi connectivity index (χ3n) is 2.43. The molecule has 0 aliphatic rings. The van der Waals surface area contributed by atoms with E-state index >= 15 is 0 Å². The van der Waals surface area contributed by atoms with Gasteiger partial charge in [-0.3, -0.25) is 14.3 Å². The van der Waals surface area contributed by atoms with Crippen LogP contribution in [0.25, 0.3) is 0 Å². The molecule has 8 heteroatoms. The number of carbonyl (C=O) groups excluding carboxylic acids is 1. The highest BCUT2D eigenvalue weighted by Crippen LogP contribution is 2.13. The van der Waals surface area contributed by atoms with E-state index in [1.807, 2.05) is 4.98 Å². The Morgan fingerprint density at radius 2 is 2.26 bits per heavy atom. The first-order chi connectivity index (χ1) is 9.02. The van der Waals surface area contributed by atoms with Crippen LogP contribution in [0.4, 0.5) is 0 Å². The largest absolute Gasteiger partial charge is 0.467 e. The normalized spacial score (nSPS) is 10.4. The first kappa shape index (κ1) is 13.2. The summed E-state index contributed by atoms with van der Waals surface area (Å²) in [7, 11) is 1.24. The van der Waals surface area contributed by atoms with Crippen molar-refractivity contribution in [2.45, 2.75) is 6.54 Å². The lowest BCUT2D eigenvalue weighted by Crippen LogP contribution is -2.30. The number of esters is 1. The highest BCUT2D eigenvalue weighted by atomic mass is 35.5. The predicted molar refractivity (Wildman–Crippen MR) is 65.5 cm³/mol. The zero-order valence-corrected chi connectivity index (χ0v) is 10.6. The molecule has 2 aromatic heterocycles. The summed E-state index contributed by atoms with van der Waals surface area (Å²) in [6.45, 7) is -0.0488. The lowest BCUT2D eigenvalue weighted by atomic mass is 10.2. The number of H-pyrrole nitrogens is 1. The van der Waals surface area contributed by atoms with Crippen molar-refractivity contribution in [3.63, 3.8) is 0 Å². The summed E-state index contributed by atoms with van der Waals surface area (Å²) < 4.78 is 10.8. The van der Waals surface area contributed by atoms with Gasteiger partial charge in [0.2, 0.25) is 0 Å². The Kier molecular flexibility index (Phi) is 3.57. The maximum Gasteiger partial charge on any atom is 0.341 e. The van der Waals surface area contributed by atoms with Crippen molar-refractivity contribution in [2.75, 3.05) is 7.11 Å². The maximum absolute atomic E-state index is 11.6. The van der Waals surface area contributed by atoms with Crippen molar-refractivity contribution < 1.29 is 13.9 Å². The number of furan rings is 1. The number of nitrogens with one attached hydrogen (secondary N) is 1. The molecule has 7 nitrogen and oxygen atoms in total. The van der Waals surface area contributed by atoms with Crippen LogP contribution < -0.4 is 11.2 Å². The molecule has 0 saturated carbocycles. The van der Waals surface area contributed by atoms with Gasteiger partial charge >= 0.3 is 11.7 Å². The van der Waals surface area contributed by atoms with Crippen molar-refractivity contribution in [1.82, 2.24) is 9.55 Å². The van der Waals surface area contributed by atoms with E-state index in [-0.39, 0.29) is 22.9 Å². The molecule has 19 heavy (non-hydrogen) atoms. The molecule has 100 valence electrons. The Hall–Kier alpha value is -2.28. The second-order valence-corrected chi connectivity index (χ2v) is 4.02. The summed E-state index contributed by atoms with van der Waals surface area (Å²) in [5, 5.41) is -0.134. The molecule has 0 aliphatic heterocycles. The zero-order valence-electron chi connectivity index (χ0n) is 9.81. The summed E-state index contributed by atoms with van der Waals surface area (Å²) in [6.07, 6.45) is 2.48. The first-order valence-corrected chi connectivity index (χ1v) is 5.54. The lowest BCUT2D eigenvalue weighted by Gasteiger charge is -2.04. The summed E-state index contributed by atoms with van der Waals surface area (Å²) >= 11 is 5.63. The molecule has 0 fully saturated rings. The summed E-state index contributed by atoms with van der Waals surface area (Å²) in [5.74, 6) is -0.343. The van der Waals surface area contributed by atoms with E-state index in [2.05, 4.69) is 4.74 Å². The van der Waals surface area contributed by atoms with Gasteiger partial charge in [-0.15, -0.1) is 0 Å². The summed E-state index contributed by atoms with van der Waals surface area (Å²) in [6, 6.07) is 1.43. The van der Waals surface area contributed by atoms with Crippen molar-refractivity contribution in [3.8, 4) is 0 Å². The SMILES string of the molecule is COC(=O)c1ccoc1Cn1cc(Cl)c(=O)[nH]c1=O. The molecule has 2 aromatic rings. The van der Waals surface area contributed by atoms with Crippen LogP contribution in [-0.4, -0.2) is 22.6 Å². The molecule has 2 heterocycles. The number of halogens is 1. The monoisotopic (exact) mass is 284 g/mol. The fourth-order valence-electron chi connectivity index (χ4n) is 1.51. The van der Waals surface area contributed by atoms with Crippen molar-refractivity contribution >= 4 is 17.6 Å². The maximum atomic E-state index is 11.6. The van der Waals surface area contributed by atoms with Crippen LogP contribution in [0.1, 0.15) is 16.1 Å². The van der Waals surface area contributed by atoms with Gasteiger partial charge in [0.1, 0.15) is 16.3 Å². The fourth-order valence-corrected chi connectivity index (χ4v) is 1.67. The van der Waals surface area contributed by atoms with Gasteiger partial charge in [0.05, 0.1) is 19.9 Å². The van der Waals surface area contributed by atoms with Gasteiger partial charge in [0, 0.05) is 6.20 Å². The molecule has 0 unspecified atom stereocenters. The lowest BCUT2D eigenvalue weighted by molar-refractivity contribution is 0.0598. The van der Waals surface area contributed by atoms with E-state index in [4.69, 9.17) is 16.0 Å². The Morgan fingerprint density at radius 1 is 1.53 bits per heavy atom. The number of ether oxygens (including phenoxy) is 1. The van der Waals surface area contributed by atoms with Gasteiger partial charge in [-0.1, -0.05) is 11.6 Å². The van der Waals surface area contributed by atoms with Crippen LogP contribution in [0.15, 0.2) is 32.5 Å². The third-order valence-corrected chi connectivity index (χ3v) is 2.70. The molecule has 0 aliphatic carbocycles. The molecule has 0 spiro atoms. The summed E-state index contributed by atoms with van der Waals surface area (Å²) in [4.78, 5) is 36.2. The van der Waals surface area contributed by atoms with E-state index in [0.717, 1.165) is 4.57 Å². The number of nitrogens with zero attached hydrogens (tertiary/aromatic N) is 1. The van der Waals surface area contributed by atoms with Crippen LogP contribution >= 0.6 is 11.6 Å². The number of hydrogen-bond donors (Lipinski definition) is 1. The Bertz CT molecular complexity index is 727. The molecule has 2 rings (SSSR count). The predicted octanol–water partition coefficient (Wildman–Crippen LogP) is 0.618. The number of hydrogen-bond acceptors (Lipinski definition) is 5. The second kappa shape index (κ2) is 5.15. The standard InChI is InChI=1S/C11H9ClN2O5/c1-18-10(16)6-2-3-19-8(6)5-14-4-7(12)9(15)13-11(14)17/h2-4H,5H2,1H3,(H,13,15,17). The molecule has 0 bridgehead atoms. The van der Waals surface area contributed by atoms with E-state index in [1.54, 1.807) is 0 Å². The van der Waals surface area contributed by atoms with Crippen LogP contribution in [0, 0.1) is 0 Å². The van der Waals surface area contributed by atoms with Crippen LogP contribution in [0.2, 0.25) is 5.02 Å². The minimum absolute atomic E-state index is 0.0488. The molecule has 0 aromatic carbocycles. The van der Waals surface area contributed by atoms with Crippen molar-refractivity contribution in [3.05, 3.63) is 55.7 Å². The summed E-state index contributed by atoms with van der Waals surface area (Å²) in [5.41, 5.74) is -1.12. The van der Waals surface area contributed by atoms with Gasteiger partial charge in [-0.2, -0.15) is 0 Å². The minimum atomic E-state index is -0.671. The fraction of sp³-hybridized carbons (Fsp3) is 0.182. The van der Waals surface area contributed by atoms with E-state index in [9.17, 15) is 14.4 Å². The number of methoxy groups -OCH3 is 1. The molecule has 0 atom stereocenters. The number of aromatic nitrogens is 2. The van der Waals surface area contributed by atoms with Gasteiger partial charge in [-0.25, -0.2) is 9.59 Å². The topological polar surface area (TPSA) is 94.3 Å². The minimum Gasteiger partial charge on any atom is -0.467 e. The average Bonchev–Trinajstić information content (AvgIpc) is 2.83. The van der Waals surface area contributed by atoms with Crippen LogP contribution in [0.5, 0.6) is 0 Å². The quantitative estimate of drug-likeness (QED) is 0.834. The van der Waals surface area contributed by atoms with Gasteiger partial charge in [0.25, 0.3) is 5.56 Å². The van der Waals surface area contributed by atoms with E-state index in [0.29, 0.717) is 0 Å². The molecule has 0 amide bonds. The highest BCUT2D eigenvalue weighted by Gasteiger charge is 2.16. The molecule has 0 radical (unpaired) electrons. The number of carbonyl (C=O) groups is 1. The van der Waals surface area contributed by atoms with Gasteiger partial charge in [0.15, 0.2) is 0 Å². The second-order valence-electron chi connectivity index (χ2n) is 3.61. The van der Waals surface area contributed by atoms with Crippen molar-refractivity contribution in [2.24, 2.45) is 0 Å². The Balaban J connectivity index is 2.40. The molecule has 0 saturated heterocycles. The van der Waals surface area contributed by atoms with Gasteiger partial charge in [-0.05, 0) is 6.07 Å². The van der Waals surface area contributed by atoms with Crippen LogP contribution in [-0.2, 0) is 11.3 Å². The van der Waals surface area contributed by atoms with Gasteiger partial charge < -0.3 is 9.15 Å². The Morgan fingerprint density at radius 3 is 2.95 bits per heavy atom. The van der Waals surface area contributed by atoms with E-state index in [1.165, 1.54) is 25.6 Å². The number of rotatable bonds is 3. The number of aromatic amines is 1. The molecular weight excluding hydrogens is 276 g/mol. The third kappa shape index (κ3) is 2.60. The first-order valence-electron chi connectivity index (χ1n) is 5.17. The average molecular weight is 285 g/mol. The zero-order chi connectivity index (χ0) is 14.0.